The molecule has 0 spiro atoms. The fraction of sp³-hybridized carbons (Fsp3) is 0.583. The smallest absolute Gasteiger partial charge is 0.407 e. The molecule has 0 aliphatic rings. The van der Waals surface area contributed by atoms with Gasteiger partial charge < -0.3 is 36.8 Å². The van der Waals surface area contributed by atoms with Crippen LogP contribution < -0.4 is 27.0 Å². The monoisotopic (exact) mass is 523 g/mol. The van der Waals surface area contributed by atoms with Crippen LogP contribution in [0, 0.1) is 5.92 Å². The molecule has 0 bridgehead atoms. The number of rotatable bonds is 14. The second-order valence-electron chi connectivity index (χ2n) is 10.2. The van der Waals surface area contributed by atoms with E-state index in [0.29, 0.717) is 17.7 Å². The van der Waals surface area contributed by atoms with E-state index in [9.17, 15) is 24.3 Å². The van der Waals surface area contributed by atoms with Gasteiger partial charge in [0.25, 0.3) is 0 Å². The largest absolute Gasteiger partial charge is 0.450 e. The fourth-order valence-electron chi connectivity index (χ4n) is 3.12. The molecule has 0 aliphatic carbocycles. The highest BCUT2D eigenvalue weighted by Gasteiger charge is 2.29. The summed E-state index contributed by atoms with van der Waals surface area (Å²) in [6, 6.07) is 4.92. The highest BCUT2D eigenvalue weighted by Crippen LogP contribution is 2.12. The van der Waals surface area contributed by atoms with Gasteiger partial charge in [-0.3, -0.25) is 9.59 Å². The summed E-state index contributed by atoms with van der Waals surface area (Å²) in [5.74, 6) is -1.24. The van der Waals surface area contributed by atoms with Crippen molar-refractivity contribution in [2.75, 3.05) is 18.5 Å². The number of nitrogens with two attached hydrogens (primary N) is 1. The number of nitrogens with one attached hydrogen (secondary N) is 4. The van der Waals surface area contributed by atoms with Gasteiger partial charge in [0.15, 0.2) is 0 Å². The molecule has 0 saturated carbocycles. The lowest BCUT2D eigenvalue weighted by molar-refractivity contribution is -0.128. The molecule has 1 aromatic rings. The van der Waals surface area contributed by atoms with Crippen LogP contribution >= 0.6 is 0 Å². The Morgan fingerprint density at radius 2 is 1.67 bits per heavy atom. The zero-order valence-corrected chi connectivity index (χ0v) is 22.8. The number of carbonyl (C=O) groups excluding carboxylic acids is 4. The van der Waals surface area contributed by atoms with E-state index in [1.807, 2.05) is 0 Å². The van der Waals surface area contributed by atoms with E-state index < -0.39 is 44.1 Å². The van der Waals surface area contributed by atoms with E-state index >= 15 is 0 Å². The Morgan fingerprint density at radius 1 is 1.03 bits per heavy atom. The number of amides is 5. The molecule has 0 aliphatic heterocycles. The number of aliphatic hydroxyl groups excluding tert-OH is 1. The van der Waals surface area contributed by atoms with Gasteiger partial charge in [-0.1, -0.05) is 45.6 Å². The number of benzene rings is 1. The molecule has 7 N–H and O–H groups in total. The lowest BCUT2D eigenvalue weighted by Crippen LogP contribution is -2.54. The van der Waals surface area contributed by atoms with Gasteiger partial charge in [0, 0.05) is 20.3 Å². The quantitative estimate of drug-likeness (QED) is 0.161. The molecular formula is C24H41N5O6Si. The van der Waals surface area contributed by atoms with Crippen molar-refractivity contribution in [3.63, 3.8) is 0 Å². The van der Waals surface area contributed by atoms with Crippen LogP contribution in [-0.4, -0.2) is 62.4 Å². The average Bonchev–Trinajstić information content (AvgIpc) is 2.78. The summed E-state index contributed by atoms with van der Waals surface area (Å²) in [6.07, 6.45) is -0.0841. The topological polar surface area (TPSA) is 172 Å². The van der Waals surface area contributed by atoms with Gasteiger partial charge in [-0.15, -0.1) is 0 Å². The SMILES string of the molecule is CC(C)[C@H](NC(=O)OCC[Si](C)(C)C)C(=O)N[C@@H](CCCNC(N)=O)C(=O)Nc1ccc(CO)cc1. The predicted molar refractivity (Wildman–Crippen MR) is 141 cm³/mol. The minimum absolute atomic E-state index is 0.121. The van der Waals surface area contributed by atoms with E-state index in [2.05, 4.69) is 40.9 Å². The zero-order valence-electron chi connectivity index (χ0n) is 21.8. The Morgan fingerprint density at radius 3 is 2.19 bits per heavy atom. The van der Waals surface area contributed by atoms with E-state index in [1.165, 1.54) is 0 Å². The number of ether oxygens (including phenoxy) is 1. The van der Waals surface area contributed by atoms with Crippen molar-refractivity contribution in [1.29, 1.82) is 0 Å². The Balaban J connectivity index is 2.86. The number of anilines is 1. The Bertz CT molecular complexity index is 873. The van der Waals surface area contributed by atoms with E-state index in [-0.39, 0.29) is 32.1 Å². The molecule has 0 saturated heterocycles. The molecule has 0 heterocycles. The first kappa shape index (κ1) is 30.9. The summed E-state index contributed by atoms with van der Waals surface area (Å²) in [4.78, 5) is 49.3. The van der Waals surface area contributed by atoms with E-state index in [1.54, 1.807) is 38.1 Å². The fourth-order valence-corrected chi connectivity index (χ4v) is 3.84. The Hall–Kier alpha value is -3.12. The first-order valence-corrected chi connectivity index (χ1v) is 15.8. The van der Waals surface area contributed by atoms with Crippen LogP contribution in [0.4, 0.5) is 15.3 Å². The van der Waals surface area contributed by atoms with Crippen LogP contribution in [-0.2, 0) is 20.9 Å². The summed E-state index contributed by atoms with van der Waals surface area (Å²) in [7, 11) is -1.38. The van der Waals surface area contributed by atoms with Gasteiger partial charge in [0.05, 0.1) is 13.2 Å². The van der Waals surface area contributed by atoms with Crippen molar-refractivity contribution in [3.8, 4) is 0 Å². The molecule has 1 aromatic carbocycles. The highest BCUT2D eigenvalue weighted by atomic mass is 28.3. The van der Waals surface area contributed by atoms with Crippen LogP contribution in [0.15, 0.2) is 24.3 Å². The maximum Gasteiger partial charge on any atom is 0.407 e. The molecule has 1 rings (SSSR count). The van der Waals surface area contributed by atoms with Crippen molar-refractivity contribution in [3.05, 3.63) is 29.8 Å². The average molecular weight is 524 g/mol. The number of alkyl carbamates (subject to hydrolysis) is 1. The molecule has 2 atom stereocenters. The third kappa shape index (κ3) is 12.5. The lowest BCUT2D eigenvalue weighted by atomic mass is 10.0. The summed E-state index contributed by atoms with van der Waals surface area (Å²) < 4.78 is 5.26. The van der Waals surface area contributed by atoms with Crippen molar-refractivity contribution in [2.45, 2.75) is 71.1 Å². The third-order valence-corrected chi connectivity index (χ3v) is 7.02. The standard InChI is InChI=1S/C24H41N5O6Si/c1-16(2)20(29-24(34)35-13-14-36(3,4)5)22(32)28-19(7-6-12-26-23(25)33)21(31)27-18-10-8-17(15-30)9-11-18/h8-11,16,19-20,30H,6-7,12-15H2,1-5H3,(H,27,31)(H,28,32)(H,29,34)(H3,25,26,33)/t19-,20-/m0/s1. The maximum atomic E-state index is 13.1. The van der Waals surface area contributed by atoms with Crippen LogP contribution in [0.3, 0.4) is 0 Å². The number of aliphatic hydroxyl groups is 1. The summed E-state index contributed by atoms with van der Waals surface area (Å²) >= 11 is 0. The van der Waals surface area contributed by atoms with Gasteiger partial charge in [-0.25, -0.2) is 9.59 Å². The number of hydrogen-bond donors (Lipinski definition) is 6. The minimum Gasteiger partial charge on any atom is -0.450 e. The molecule has 202 valence electrons. The molecule has 12 heteroatoms. The molecule has 0 radical (unpaired) electrons. The normalized spacial score (nSPS) is 12.9. The van der Waals surface area contributed by atoms with Gasteiger partial charge in [0.1, 0.15) is 12.1 Å². The van der Waals surface area contributed by atoms with Crippen LogP contribution in [0.1, 0.15) is 32.3 Å². The van der Waals surface area contributed by atoms with Gasteiger partial charge >= 0.3 is 12.1 Å². The van der Waals surface area contributed by atoms with Gasteiger partial charge in [-0.2, -0.15) is 0 Å². The molecule has 5 amide bonds. The molecule has 0 unspecified atom stereocenters. The number of carbonyl (C=O) groups is 4. The maximum absolute atomic E-state index is 13.1. The highest BCUT2D eigenvalue weighted by molar-refractivity contribution is 6.76. The predicted octanol–water partition coefficient (Wildman–Crippen LogP) is 2.14. The van der Waals surface area contributed by atoms with E-state index in [4.69, 9.17) is 10.5 Å². The van der Waals surface area contributed by atoms with Crippen LogP contribution in [0.5, 0.6) is 0 Å². The van der Waals surface area contributed by atoms with Crippen molar-refractivity contribution in [1.82, 2.24) is 16.0 Å². The molecular weight excluding hydrogens is 482 g/mol. The molecule has 11 nitrogen and oxygen atoms in total. The second-order valence-corrected chi connectivity index (χ2v) is 15.8. The van der Waals surface area contributed by atoms with Crippen LogP contribution in [0.25, 0.3) is 0 Å². The second kappa shape index (κ2) is 15.1. The summed E-state index contributed by atoms with van der Waals surface area (Å²) in [5, 5.41) is 19.7. The number of primary amides is 1. The molecule has 36 heavy (non-hydrogen) atoms. The minimum atomic E-state index is -1.38. The Labute approximate surface area is 213 Å². The van der Waals surface area contributed by atoms with E-state index in [0.717, 1.165) is 6.04 Å². The van der Waals surface area contributed by atoms with Crippen molar-refractivity contribution in [2.24, 2.45) is 11.7 Å². The third-order valence-electron chi connectivity index (χ3n) is 5.31. The lowest BCUT2D eigenvalue weighted by Gasteiger charge is -2.25. The summed E-state index contributed by atoms with van der Waals surface area (Å²) in [6.45, 7) is 10.5. The first-order chi connectivity index (χ1) is 16.8. The Kier molecular flexibility index (Phi) is 13.0. The van der Waals surface area contributed by atoms with Crippen LogP contribution in [0.2, 0.25) is 25.7 Å². The number of hydrogen-bond acceptors (Lipinski definition) is 6. The van der Waals surface area contributed by atoms with Crippen molar-refractivity contribution < 1.29 is 29.0 Å². The molecule has 0 aromatic heterocycles. The number of urea groups is 1. The van der Waals surface area contributed by atoms with Gasteiger partial charge in [0.2, 0.25) is 11.8 Å². The van der Waals surface area contributed by atoms with Gasteiger partial charge in [-0.05, 0) is 42.5 Å². The molecule has 0 fully saturated rings. The first-order valence-electron chi connectivity index (χ1n) is 12.1. The zero-order chi connectivity index (χ0) is 27.3. The van der Waals surface area contributed by atoms with Crippen molar-refractivity contribution >= 4 is 37.7 Å². The summed E-state index contributed by atoms with van der Waals surface area (Å²) in [5.41, 5.74) is 6.28.